The number of morpholine rings is 2. The van der Waals surface area contributed by atoms with Crippen molar-refractivity contribution in [3.05, 3.63) is 60.4 Å². The molecule has 2 aliphatic rings. The molecule has 10 heteroatoms. The van der Waals surface area contributed by atoms with Crippen molar-refractivity contribution >= 4 is 39.3 Å². The summed E-state index contributed by atoms with van der Waals surface area (Å²) in [6.07, 6.45) is 2.88. The first-order valence-corrected chi connectivity index (χ1v) is 14.0. The highest BCUT2D eigenvalue weighted by Crippen LogP contribution is 2.30. The summed E-state index contributed by atoms with van der Waals surface area (Å²) in [6, 6.07) is 16.9. The van der Waals surface area contributed by atoms with Crippen LogP contribution in [0.15, 0.2) is 54.7 Å². The Hall–Kier alpha value is -3.99. The number of benzene rings is 2. The maximum atomic E-state index is 5.58. The molecule has 2 saturated heterocycles. The monoisotopic (exact) mass is 538 g/mol. The van der Waals surface area contributed by atoms with Gasteiger partial charge in [0.15, 0.2) is 0 Å². The van der Waals surface area contributed by atoms with E-state index in [1.165, 1.54) is 10.8 Å². The number of ether oxygens (including phenoxy) is 2. The lowest BCUT2D eigenvalue weighted by Gasteiger charge is -2.27. The minimum absolute atomic E-state index is 0.675. The summed E-state index contributed by atoms with van der Waals surface area (Å²) in [5, 5.41) is 10.8. The first-order valence-electron chi connectivity index (χ1n) is 14.0. The number of nitrogens with one attached hydrogen (secondary N) is 2. The maximum Gasteiger partial charge on any atom is 0.228 e. The van der Waals surface area contributed by atoms with Crippen molar-refractivity contribution in [1.29, 1.82) is 0 Å². The number of hydrogen-bond acceptors (Lipinski definition) is 8. The molecule has 0 bridgehead atoms. The van der Waals surface area contributed by atoms with E-state index >= 15 is 0 Å². The normalized spacial score (nSPS) is 16.7. The van der Waals surface area contributed by atoms with Crippen LogP contribution < -0.4 is 10.2 Å². The van der Waals surface area contributed by atoms with E-state index in [-0.39, 0.29) is 0 Å². The molecule has 7 rings (SSSR count). The van der Waals surface area contributed by atoms with Gasteiger partial charge in [-0.25, -0.2) is 4.98 Å². The van der Waals surface area contributed by atoms with Gasteiger partial charge in [-0.2, -0.15) is 10.1 Å². The fourth-order valence-corrected chi connectivity index (χ4v) is 5.59. The number of aromatic amines is 1. The third-order valence-electron chi connectivity index (χ3n) is 7.83. The van der Waals surface area contributed by atoms with Gasteiger partial charge in [-0.15, -0.1) is 0 Å². The van der Waals surface area contributed by atoms with E-state index in [1.807, 2.05) is 24.0 Å². The van der Waals surface area contributed by atoms with Crippen molar-refractivity contribution < 1.29 is 9.47 Å². The molecule has 2 aromatic carbocycles. The summed E-state index contributed by atoms with van der Waals surface area (Å²) >= 11 is 0. The minimum Gasteiger partial charge on any atom is -0.379 e. The zero-order valence-corrected chi connectivity index (χ0v) is 22.8. The van der Waals surface area contributed by atoms with E-state index < -0.39 is 0 Å². The zero-order valence-electron chi connectivity index (χ0n) is 22.8. The number of H-pyrrole nitrogens is 1. The quantitative estimate of drug-likeness (QED) is 0.322. The van der Waals surface area contributed by atoms with Crippen LogP contribution in [0.25, 0.3) is 33.1 Å². The highest BCUT2D eigenvalue weighted by atomic mass is 16.5. The van der Waals surface area contributed by atoms with Crippen LogP contribution in [-0.4, -0.2) is 88.8 Å². The van der Waals surface area contributed by atoms with E-state index in [0.717, 1.165) is 91.8 Å². The van der Waals surface area contributed by atoms with E-state index in [9.17, 15) is 0 Å². The Morgan fingerprint density at radius 3 is 2.58 bits per heavy atom. The zero-order chi connectivity index (χ0) is 26.9. The summed E-state index contributed by atoms with van der Waals surface area (Å²) in [4.78, 5) is 17.9. The molecule has 2 N–H and O–H groups in total. The Balaban J connectivity index is 1.21. The molecule has 0 spiro atoms. The Morgan fingerprint density at radius 1 is 0.900 bits per heavy atom. The average Bonchev–Trinajstić information content (AvgIpc) is 3.60. The molecule has 206 valence electrons. The third kappa shape index (κ3) is 5.13. The molecule has 40 heavy (non-hydrogen) atoms. The van der Waals surface area contributed by atoms with Gasteiger partial charge in [0.1, 0.15) is 5.82 Å². The maximum absolute atomic E-state index is 5.58. The van der Waals surface area contributed by atoms with Crippen molar-refractivity contribution in [1.82, 2.24) is 29.6 Å². The molecular weight excluding hydrogens is 504 g/mol. The fourth-order valence-electron chi connectivity index (χ4n) is 5.59. The molecule has 0 aliphatic carbocycles. The fraction of sp³-hybridized carbons (Fsp3) is 0.367. The van der Waals surface area contributed by atoms with Crippen LogP contribution in [0.3, 0.4) is 0 Å². The van der Waals surface area contributed by atoms with Crippen molar-refractivity contribution in [3.8, 4) is 11.3 Å². The van der Waals surface area contributed by atoms with Gasteiger partial charge in [-0.3, -0.25) is 9.58 Å². The van der Waals surface area contributed by atoms with Crippen molar-refractivity contribution in [2.45, 2.75) is 6.42 Å². The van der Waals surface area contributed by atoms with Crippen LogP contribution in [0.1, 0.15) is 5.69 Å². The summed E-state index contributed by atoms with van der Waals surface area (Å²) in [5.41, 5.74) is 6.20. The summed E-state index contributed by atoms with van der Waals surface area (Å²) in [7, 11) is 2.02. The lowest BCUT2D eigenvalue weighted by Crippen LogP contribution is -2.37. The van der Waals surface area contributed by atoms with Crippen molar-refractivity contribution in [3.63, 3.8) is 0 Å². The molecule has 3 aromatic heterocycles. The molecule has 5 aromatic rings. The molecular formula is C30H34N8O2. The van der Waals surface area contributed by atoms with Crippen molar-refractivity contribution in [2.75, 3.05) is 69.4 Å². The molecule has 10 nitrogen and oxygen atoms in total. The largest absolute Gasteiger partial charge is 0.379 e. The average molecular weight is 539 g/mol. The van der Waals surface area contributed by atoms with Gasteiger partial charge in [-0.05, 0) is 29.7 Å². The van der Waals surface area contributed by atoms with Crippen LogP contribution in [-0.2, 0) is 22.9 Å². The molecule has 0 atom stereocenters. The number of aromatic nitrogens is 5. The van der Waals surface area contributed by atoms with Crippen LogP contribution in [0.5, 0.6) is 0 Å². The Kier molecular flexibility index (Phi) is 6.80. The second-order valence-electron chi connectivity index (χ2n) is 10.4. The van der Waals surface area contributed by atoms with E-state index in [1.54, 1.807) is 0 Å². The van der Waals surface area contributed by atoms with E-state index in [4.69, 9.17) is 24.5 Å². The summed E-state index contributed by atoms with van der Waals surface area (Å²) < 4.78 is 13.1. The first kappa shape index (κ1) is 25.0. The smallest absolute Gasteiger partial charge is 0.228 e. The van der Waals surface area contributed by atoms with Crippen molar-refractivity contribution in [2.24, 2.45) is 7.05 Å². The second-order valence-corrected chi connectivity index (χ2v) is 10.4. The van der Waals surface area contributed by atoms with Gasteiger partial charge in [-0.1, -0.05) is 18.2 Å². The number of fused-ring (bicyclic) bond motifs is 2. The van der Waals surface area contributed by atoms with E-state index in [2.05, 4.69) is 62.6 Å². The molecule has 0 amide bonds. The highest BCUT2D eigenvalue weighted by Gasteiger charge is 2.18. The Morgan fingerprint density at radius 2 is 1.73 bits per heavy atom. The first-order chi connectivity index (χ1) is 19.7. The standard InChI is InChI=1S/C30H34N8O2/c1-36-28-18-22(3-5-24(28)25(35-36)7-9-37-10-14-39-15-11-37)27-20-29(34-30(33-27)38-12-16-40-17-13-38)32-23-4-2-21-6-8-31-26(21)19-23/h2-6,8,18-20,31H,7,9-17H2,1H3,(H,32,33,34). The van der Waals surface area contributed by atoms with Crippen LogP contribution in [0, 0.1) is 0 Å². The van der Waals surface area contributed by atoms with Gasteiger partial charge in [0, 0.05) is 80.6 Å². The lowest BCUT2D eigenvalue weighted by atomic mass is 10.1. The summed E-state index contributed by atoms with van der Waals surface area (Å²) in [5.74, 6) is 1.47. The number of hydrogen-bond donors (Lipinski definition) is 2. The molecule has 2 fully saturated rings. The SMILES string of the molecule is Cn1nc(CCN2CCOCC2)c2ccc(-c3cc(Nc4ccc5cc[nH]c5c4)nc(N4CCOCC4)n3)cc21. The third-order valence-corrected chi connectivity index (χ3v) is 7.83. The van der Waals surface area contributed by atoms with E-state index in [0.29, 0.717) is 19.2 Å². The number of anilines is 3. The topological polar surface area (TPSA) is 96.4 Å². The predicted molar refractivity (Wildman–Crippen MR) is 157 cm³/mol. The predicted octanol–water partition coefficient (Wildman–Crippen LogP) is 3.97. The Bertz CT molecular complexity index is 1630. The molecule has 5 heterocycles. The van der Waals surface area contributed by atoms with Gasteiger partial charge in [0.2, 0.25) is 5.95 Å². The van der Waals surface area contributed by atoms with Crippen LogP contribution >= 0.6 is 0 Å². The lowest BCUT2D eigenvalue weighted by molar-refractivity contribution is 0.0383. The molecule has 0 saturated carbocycles. The highest BCUT2D eigenvalue weighted by molar-refractivity contribution is 5.87. The number of rotatable bonds is 7. The summed E-state index contributed by atoms with van der Waals surface area (Å²) in [6.45, 7) is 7.49. The molecule has 0 unspecified atom stereocenters. The van der Waals surface area contributed by atoms with Gasteiger partial charge >= 0.3 is 0 Å². The molecule has 0 radical (unpaired) electrons. The van der Waals surface area contributed by atoms with Gasteiger partial charge < -0.3 is 24.7 Å². The second kappa shape index (κ2) is 10.9. The Labute approximate surface area is 232 Å². The van der Waals surface area contributed by atoms with Crippen LogP contribution in [0.2, 0.25) is 0 Å². The number of nitrogens with zero attached hydrogens (tertiary/aromatic N) is 6. The van der Waals surface area contributed by atoms with Crippen LogP contribution in [0.4, 0.5) is 17.5 Å². The number of aryl methyl sites for hydroxylation is 1. The molecule has 2 aliphatic heterocycles. The van der Waals surface area contributed by atoms with Gasteiger partial charge in [0.25, 0.3) is 0 Å². The minimum atomic E-state index is 0.675. The van der Waals surface area contributed by atoms with Gasteiger partial charge in [0.05, 0.1) is 43.3 Å².